The number of fused-ring (bicyclic) bond motifs is 1. The van der Waals surface area contributed by atoms with Gasteiger partial charge in [0.2, 0.25) is 0 Å². The zero-order valence-corrected chi connectivity index (χ0v) is 12.4. The first-order chi connectivity index (χ1) is 9.78. The van der Waals surface area contributed by atoms with Gasteiger partial charge in [-0.3, -0.25) is 9.88 Å². The molecular weight excluding hydrogens is 248 g/mol. The number of hydrogen-bond acceptors (Lipinski definition) is 3. The highest BCUT2D eigenvalue weighted by atomic mass is 16.3. The fraction of sp³-hybridized carbons (Fsp3) is 0.471. The molecule has 1 heterocycles. The first-order valence-electron chi connectivity index (χ1n) is 7.47. The lowest BCUT2D eigenvalue weighted by Gasteiger charge is -2.29. The minimum absolute atomic E-state index is 0.214. The summed E-state index contributed by atoms with van der Waals surface area (Å²) >= 11 is 0. The van der Waals surface area contributed by atoms with E-state index in [1.165, 1.54) is 10.9 Å². The highest BCUT2D eigenvalue weighted by molar-refractivity contribution is 5.78. The van der Waals surface area contributed by atoms with Gasteiger partial charge in [0.15, 0.2) is 0 Å². The number of hydrogen-bond donors (Lipinski definition) is 1. The molecule has 0 atom stereocenters. The fourth-order valence-electron chi connectivity index (χ4n) is 2.78. The van der Waals surface area contributed by atoms with Crippen LogP contribution < -0.4 is 0 Å². The Balaban J connectivity index is 2.19. The van der Waals surface area contributed by atoms with Crippen molar-refractivity contribution in [1.82, 2.24) is 9.88 Å². The highest BCUT2D eigenvalue weighted by Crippen LogP contribution is 2.17. The molecule has 0 saturated heterocycles. The quantitative estimate of drug-likeness (QED) is 0.840. The first kappa shape index (κ1) is 14.9. The van der Waals surface area contributed by atoms with Crippen LogP contribution in [0.3, 0.4) is 0 Å². The molecule has 0 bridgehead atoms. The van der Waals surface area contributed by atoms with Crippen molar-refractivity contribution in [2.75, 3.05) is 13.2 Å². The van der Waals surface area contributed by atoms with E-state index in [1.807, 2.05) is 12.3 Å². The van der Waals surface area contributed by atoms with Crippen LogP contribution in [-0.2, 0) is 6.54 Å². The molecule has 3 nitrogen and oxygen atoms in total. The number of nitrogens with zero attached hydrogens (tertiary/aromatic N) is 2. The predicted octanol–water partition coefficient (Wildman–Crippen LogP) is 3.22. The van der Waals surface area contributed by atoms with Crippen molar-refractivity contribution < 1.29 is 5.11 Å². The van der Waals surface area contributed by atoms with Crippen molar-refractivity contribution in [2.24, 2.45) is 0 Å². The molecule has 0 spiro atoms. The van der Waals surface area contributed by atoms with Gasteiger partial charge in [0.1, 0.15) is 0 Å². The third kappa shape index (κ3) is 3.56. The van der Waals surface area contributed by atoms with Gasteiger partial charge < -0.3 is 5.11 Å². The minimum atomic E-state index is 0.214. The van der Waals surface area contributed by atoms with E-state index in [0.29, 0.717) is 6.04 Å². The van der Waals surface area contributed by atoms with Gasteiger partial charge in [-0.25, -0.2) is 0 Å². The third-order valence-corrected chi connectivity index (χ3v) is 3.90. The molecule has 1 aromatic heterocycles. The van der Waals surface area contributed by atoms with Gasteiger partial charge in [-0.1, -0.05) is 26.0 Å². The lowest BCUT2D eigenvalue weighted by atomic mass is 10.1. The molecule has 20 heavy (non-hydrogen) atoms. The van der Waals surface area contributed by atoms with Gasteiger partial charge in [-0.05, 0) is 36.6 Å². The number of benzene rings is 1. The van der Waals surface area contributed by atoms with Crippen LogP contribution in [0.1, 0.15) is 32.3 Å². The van der Waals surface area contributed by atoms with E-state index in [2.05, 4.69) is 48.0 Å². The molecule has 2 rings (SSSR count). The molecule has 2 aromatic rings. The van der Waals surface area contributed by atoms with E-state index in [9.17, 15) is 5.11 Å². The Hall–Kier alpha value is -1.45. The third-order valence-electron chi connectivity index (χ3n) is 3.90. The Morgan fingerprint density at radius 3 is 2.70 bits per heavy atom. The van der Waals surface area contributed by atoms with Crippen LogP contribution in [0.15, 0.2) is 36.5 Å². The maximum atomic E-state index is 9.27. The second kappa shape index (κ2) is 7.36. The lowest BCUT2D eigenvalue weighted by Crippen LogP contribution is -2.36. The Labute approximate surface area is 121 Å². The maximum Gasteiger partial charge on any atom is 0.0702 e. The summed E-state index contributed by atoms with van der Waals surface area (Å²) in [5.74, 6) is 0. The Morgan fingerprint density at radius 1 is 1.20 bits per heavy atom. The van der Waals surface area contributed by atoms with Crippen LogP contribution in [0.4, 0.5) is 0 Å². The van der Waals surface area contributed by atoms with Gasteiger partial charge in [-0.2, -0.15) is 0 Å². The van der Waals surface area contributed by atoms with Crippen molar-refractivity contribution in [3.8, 4) is 0 Å². The monoisotopic (exact) mass is 272 g/mol. The van der Waals surface area contributed by atoms with Gasteiger partial charge in [0, 0.05) is 30.7 Å². The van der Waals surface area contributed by atoms with Crippen LogP contribution in [0.2, 0.25) is 0 Å². The van der Waals surface area contributed by atoms with Gasteiger partial charge in [0.05, 0.1) is 12.1 Å². The molecule has 0 aliphatic rings. The standard InChI is InChI=1S/C17H24N2O/c1-3-16(4-2)19(10-11-20)13-14-7-8-17-15(12-14)6-5-9-18-17/h5-9,12,16,20H,3-4,10-11,13H2,1-2H3. The van der Waals surface area contributed by atoms with Gasteiger partial charge in [-0.15, -0.1) is 0 Å². The molecule has 1 aromatic carbocycles. The van der Waals surface area contributed by atoms with Gasteiger partial charge in [0.25, 0.3) is 0 Å². The largest absolute Gasteiger partial charge is 0.395 e. The summed E-state index contributed by atoms with van der Waals surface area (Å²) in [6, 6.07) is 11.0. The summed E-state index contributed by atoms with van der Waals surface area (Å²) in [4.78, 5) is 6.72. The van der Waals surface area contributed by atoms with Crippen molar-refractivity contribution in [3.63, 3.8) is 0 Å². The van der Waals surface area contributed by atoms with Gasteiger partial charge >= 0.3 is 0 Å². The molecule has 0 amide bonds. The average Bonchev–Trinajstić information content (AvgIpc) is 2.48. The Kier molecular flexibility index (Phi) is 5.50. The molecule has 0 radical (unpaired) electrons. The number of pyridine rings is 1. The maximum absolute atomic E-state index is 9.27. The van der Waals surface area contributed by atoms with Crippen molar-refractivity contribution in [3.05, 3.63) is 42.1 Å². The molecule has 0 unspecified atom stereocenters. The van der Waals surface area contributed by atoms with Crippen LogP contribution in [-0.4, -0.2) is 34.2 Å². The summed E-state index contributed by atoms with van der Waals surface area (Å²) in [5, 5.41) is 10.5. The van der Waals surface area contributed by atoms with Crippen LogP contribution >= 0.6 is 0 Å². The molecular formula is C17H24N2O. The van der Waals surface area contributed by atoms with Crippen LogP contribution in [0, 0.1) is 0 Å². The number of aliphatic hydroxyl groups excluding tert-OH is 1. The SMILES string of the molecule is CCC(CC)N(CCO)Cc1ccc2ncccc2c1. The summed E-state index contributed by atoms with van der Waals surface area (Å²) in [7, 11) is 0. The molecule has 0 saturated carbocycles. The van der Waals surface area contributed by atoms with Crippen LogP contribution in [0.5, 0.6) is 0 Å². The molecule has 108 valence electrons. The zero-order valence-electron chi connectivity index (χ0n) is 12.4. The van der Waals surface area contributed by atoms with Crippen LogP contribution in [0.25, 0.3) is 10.9 Å². The van der Waals surface area contributed by atoms with E-state index in [0.717, 1.165) is 31.4 Å². The fourth-order valence-corrected chi connectivity index (χ4v) is 2.78. The summed E-state index contributed by atoms with van der Waals surface area (Å²) < 4.78 is 0. The molecule has 0 aliphatic heterocycles. The smallest absolute Gasteiger partial charge is 0.0702 e. The lowest BCUT2D eigenvalue weighted by molar-refractivity contribution is 0.136. The van der Waals surface area contributed by atoms with E-state index < -0.39 is 0 Å². The number of aromatic nitrogens is 1. The number of aliphatic hydroxyl groups is 1. The van der Waals surface area contributed by atoms with Crippen molar-refractivity contribution in [1.29, 1.82) is 0 Å². The second-order valence-corrected chi connectivity index (χ2v) is 5.19. The summed E-state index contributed by atoms with van der Waals surface area (Å²) in [6.45, 7) is 6.26. The zero-order chi connectivity index (χ0) is 14.4. The Bertz CT molecular complexity index is 537. The van der Waals surface area contributed by atoms with E-state index in [-0.39, 0.29) is 6.61 Å². The molecule has 0 aliphatic carbocycles. The Morgan fingerprint density at radius 2 is 2.00 bits per heavy atom. The van der Waals surface area contributed by atoms with Crippen molar-refractivity contribution in [2.45, 2.75) is 39.3 Å². The van der Waals surface area contributed by atoms with Crippen molar-refractivity contribution >= 4 is 10.9 Å². The second-order valence-electron chi connectivity index (χ2n) is 5.19. The summed E-state index contributed by atoms with van der Waals surface area (Å²) in [5.41, 5.74) is 2.32. The topological polar surface area (TPSA) is 36.4 Å². The molecule has 1 N–H and O–H groups in total. The summed E-state index contributed by atoms with van der Waals surface area (Å²) in [6.07, 6.45) is 4.06. The van der Waals surface area contributed by atoms with E-state index in [4.69, 9.17) is 0 Å². The molecule has 0 fully saturated rings. The number of rotatable bonds is 7. The van der Waals surface area contributed by atoms with E-state index >= 15 is 0 Å². The highest BCUT2D eigenvalue weighted by Gasteiger charge is 2.14. The first-order valence-corrected chi connectivity index (χ1v) is 7.47. The average molecular weight is 272 g/mol. The normalized spacial score (nSPS) is 11.7. The minimum Gasteiger partial charge on any atom is -0.395 e. The van der Waals surface area contributed by atoms with E-state index in [1.54, 1.807) is 0 Å². The predicted molar refractivity (Wildman–Crippen MR) is 83.6 cm³/mol. The molecule has 3 heteroatoms.